The number of likely N-dealkylation sites (tertiary alicyclic amines) is 1. The van der Waals surface area contributed by atoms with Gasteiger partial charge in [0.1, 0.15) is 0 Å². The van der Waals surface area contributed by atoms with Crippen LogP contribution in [0.4, 0.5) is 0 Å². The number of rotatable bonds is 4. The summed E-state index contributed by atoms with van der Waals surface area (Å²) >= 11 is 0. The number of hydrogen-bond donors (Lipinski definition) is 1. The predicted octanol–water partition coefficient (Wildman–Crippen LogP) is 2.12. The average Bonchev–Trinajstić information content (AvgIpc) is 2.82. The standard InChI is InChI=1S/C14H20N2/c1-12(13-7-3-2-4-8-13)14(15)11-16-9-5-6-10-16/h2-4,7-8,14H,1,5-6,9-11,15H2. The molecule has 1 heterocycles. The molecular weight excluding hydrogens is 196 g/mol. The van der Waals surface area contributed by atoms with Crippen molar-refractivity contribution >= 4 is 5.57 Å². The highest BCUT2D eigenvalue weighted by Crippen LogP contribution is 2.17. The zero-order valence-corrected chi connectivity index (χ0v) is 9.73. The molecule has 86 valence electrons. The molecule has 0 spiro atoms. The molecule has 2 nitrogen and oxygen atoms in total. The first-order valence-corrected chi connectivity index (χ1v) is 5.99. The second kappa shape index (κ2) is 5.28. The minimum absolute atomic E-state index is 0.0560. The molecule has 0 bridgehead atoms. The maximum absolute atomic E-state index is 6.19. The lowest BCUT2D eigenvalue weighted by atomic mass is 10.0. The van der Waals surface area contributed by atoms with Crippen molar-refractivity contribution in [3.8, 4) is 0 Å². The lowest BCUT2D eigenvalue weighted by molar-refractivity contribution is 0.333. The van der Waals surface area contributed by atoms with Crippen molar-refractivity contribution in [2.75, 3.05) is 19.6 Å². The lowest BCUT2D eigenvalue weighted by Crippen LogP contribution is -2.36. The summed E-state index contributed by atoms with van der Waals surface area (Å²) in [7, 11) is 0. The van der Waals surface area contributed by atoms with Crippen LogP contribution in [0, 0.1) is 0 Å². The predicted molar refractivity (Wildman–Crippen MR) is 69.1 cm³/mol. The van der Waals surface area contributed by atoms with Gasteiger partial charge in [-0.1, -0.05) is 36.9 Å². The Labute approximate surface area is 97.8 Å². The first-order chi connectivity index (χ1) is 7.77. The molecule has 0 saturated carbocycles. The average molecular weight is 216 g/mol. The monoisotopic (exact) mass is 216 g/mol. The molecule has 1 saturated heterocycles. The Bertz CT molecular complexity index is 339. The topological polar surface area (TPSA) is 29.3 Å². The van der Waals surface area contributed by atoms with E-state index in [-0.39, 0.29) is 6.04 Å². The van der Waals surface area contributed by atoms with Crippen molar-refractivity contribution in [3.05, 3.63) is 42.5 Å². The van der Waals surface area contributed by atoms with Gasteiger partial charge in [-0.05, 0) is 37.1 Å². The Hall–Kier alpha value is -1.12. The largest absolute Gasteiger partial charge is 0.323 e. The molecule has 1 unspecified atom stereocenters. The molecule has 2 heteroatoms. The Morgan fingerprint density at radius 2 is 1.88 bits per heavy atom. The molecule has 1 atom stereocenters. The van der Waals surface area contributed by atoms with E-state index in [0.29, 0.717) is 0 Å². The van der Waals surface area contributed by atoms with E-state index in [1.165, 1.54) is 25.9 Å². The number of benzene rings is 1. The molecular formula is C14H20N2. The summed E-state index contributed by atoms with van der Waals surface area (Å²) in [6, 6.07) is 10.3. The fourth-order valence-corrected chi connectivity index (χ4v) is 2.22. The van der Waals surface area contributed by atoms with E-state index < -0.39 is 0 Å². The van der Waals surface area contributed by atoms with E-state index in [1.54, 1.807) is 0 Å². The number of hydrogen-bond acceptors (Lipinski definition) is 2. The molecule has 0 radical (unpaired) electrons. The molecule has 1 aliphatic heterocycles. The summed E-state index contributed by atoms with van der Waals surface area (Å²) in [6.45, 7) is 7.43. The summed E-state index contributed by atoms with van der Waals surface area (Å²) in [5.74, 6) is 0. The van der Waals surface area contributed by atoms with E-state index in [1.807, 2.05) is 18.2 Å². The van der Waals surface area contributed by atoms with Crippen LogP contribution < -0.4 is 5.73 Å². The van der Waals surface area contributed by atoms with E-state index in [0.717, 1.165) is 17.7 Å². The number of nitrogens with two attached hydrogens (primary N) is 1. The Balaban J connectivity index is 1.94. The first kappa shape index (κ1) is 11.4. The van der Waals surface area contributed by atoms with Crippen LogP contribution >= 0.6 is 0 Å². The van der Waals surface area contributed by atoms with Crippen LogP contribution in [0.15, 0.2) is 36.9 Å². The second-order valence-corrected chi connectivity index (χ2v) is 4.51. The number of nitrogens with zero attached hydrogens (tertiary/aromatic N) is 1. The van der Waals surface area contributed by atoms with Gasteiger partial charge in [0, 0.05) is 12.6 Å². The zero-order valence-electron chi connectivity index (χ0n) is 9.73. The SMILES string of the molecule is C=C(c1ccccc1)C(N)CN1CCCC1. The minimum Gasteiger partial charge on any atom is -0.323 e. The minimum atomic E-state index is 0.0560. The van der Waals surface area contributed by atoms with Crippen LogP contribution in [-0.4, -0.2) is 30.6 Å². The van der Waals surface area contributed by atoms with Gasteiger partial charge in [0.15, 0.2) is 0 Å². The van der Waals surface area contributed by atoms with Crippen LogP contribution in [-0.2, 0) is 0 Å². The molecule has 16 heavy (non-hydrogen) atoms. The van der Waals surface area contributed by atoms with Gasteiger partial charge in [0.2, 0.25) is 0 Å². The van der Waals surface area contributed by atoms with Crippen molar-refractivity contribution in [2.24, 2.45) is 5.73 Å². The summed E-state index contributed by atoms with van der Waals surface area (Å²) in [4.78, 5) is 2.43. The summed E-state index contributed by atoms with van der Waals surface area (Å²) in [5, 5.41) is 0. The van der Waals surface area contributed by atoms with Gasteiger partial charge in [-0.15, -0.1) is 0 Å². The highest BCUT2D eigenvalue weighted by atomic mass is 15.1. The summed E-state index contributed by atoms with van der Waals surface area (Å²) in [6.07, 6.45) is 2.62. The van der Waals surface area contributed by atoms with Crippen molar-refractivity contribution in [1.82, 2.24) is 4.90 Å². The van der Waals surface area contributed by atoms with Gasteiger partial charge in [-0.2, -0.15) is 0 Å². The molecule has 1 fully saturated rings. The van der Waals surface area contributed by atoms with Crippen LogP contribution in [0.25, 0.3) is 5.57 Å². The lowest BCUT2D eigenvalue weighted by Gasteiger charge is -2.22. The Morgan fingerprint density at radius 1 is 1.25 bits per heavy atom. The zero-order chi connectivity index (χ0) is 11.4. The maximum atomic E-state index is 6.19. The normalized spacial score (nSPS) is 18.6. The van der Waals surface area contributed by atoms with E-state index in [4.69, 9.17) is 5.73 Å². The molecule has 2 N–H and O–H groups in total. The third-order valence-electron chi connectivity index (χ3n) is 3.25. The van der Waals surface area contributed by atoms with Gasteiger partial charge in [0.05, 0.1) is 0 Å². The van der Waals surface area contributed by atoms with Crippen LogP contribution in [0.5, 0.6) is 0 Å². The van der Waals surface area contributed by atoms with Crippen LogP contribution in [0.3, 0.4) is 0 Å². The summed E-state index contributed by atoms with van der Waals surface area (Å²) in [5.41, 5.74) is 8.40. The van der Waals surface area contributed by atoms with Gasteiger partial charge < -0.3 is 10.6 Å². The van der Waals surface area contributed by atoms with Gasteiger partial charge in [-0.25, -0.2) is 0 Å². The van der Waals surface area contributed by atoms with Crippen molar-refractivity contribution < 1.29 is 0 Å². The maximum Gasteiger partial charge on any atom is 0.0424 e. The highest BCUT2D eigenvalue weighted by Gasteiger charge is 2.17. The van der Waals surface area contributed by atoms with Crippen LogP contribution in [0.2, 0.25) is 0 Å². The van der Waals surface area contributed by atoms with Gasteiger partial charge in [0.25, 0.3) is 0 Å². The van der Waals surface area contributed by atoms with E-state index in [2.05, 4.69) is 23.6 Å². The van der Waals surface area contributed by atoms with Gasteiger partial charge >= 0.3 is 0 Å². The van der Waals surface area contributed by atoms with Gasteiger partial charge in [-0.3, -0.25) is 0 Å². The third-order valence-corrected chi connectivity index (χ3v) is 3.25. The third kappa shape index (κ3) is 2.71. The van der Waals surface area contributed by atoms with Crippen molar-refractivity contribution in [1.29, 1.82) is 0 Å². The van der Waals surface area contributed by atoms with E-state index >= 15 is 0 Å². The molecule has 0 amide bonds. The Morgan fingerprint density at radius 3 is 2.50 bits per heavy atom. The highest BCUT2D eigenvalue weighted by molar-refractivity contribution is 5.67. The summed E-state index contributed by atoms with van der Waals surface area (Å²) < 4.78 is 0. The second-order valence-electron chi connectivity index (χ2n) is 4.51. The molecule has 2 rings (SSSR count). The first-order valence-electron chi connectivity index (χ1n) is 5.99. The Kier molecular flexibility index (Phi) is 3.75. The fourth-order valence-electron chi connectivity index (χ4n) is 2.22. The smallest absolute Gasteiger partial charge is 0.0424 e. The van der Waals surface area contributed by atoms with Crippen LogP contribution in [0.1, 0.15) is 18.4 Å². The molecule has 1 aromatic rings. The molecule has 1 aromatic carbocycles. The van der Waals surface area contributed by atoms with E-state index in [9.17, 15) is 0 Å². The van der Waals surface area contributed by atoms with Crippen molar-refractivity contribution in [3.63, 3.8) is 0 Å². The molecule has 0 aromatic heterocycles. The fraction of sp³-hybridized carbons (Fsp3) is 0.429. The molecule has 1 aliphatic rings. The quantitative estimate of drug-likeness (QED) is 0.835. The molecule has 0 aliphatic carbocycles. The van der Waals surface area contributed by atoms with Crippen molar-refractivity contribution in [2.45, 2.75) is 18.9 Å².